The first-order valence-electron chi connectivity index (χ1n) is 5.61. The monoisotopic (exact) mass is 468 g/mol. The Labute approximate surface area is 132 Å². The number of Topliss-reactive ketones (excluding diaryl/α,β-unsaturated/α-hetero) is 2. The van der Waals surface area contributed by atoms with Crippen LogP contribution in [0.3, 0.4) is 0 Å². The standard InChI is InChI=1S/2C6H10O3.Pb.2H/c2*1-3-5(4(2)7)6(8)9;;;/h2*5H,3H2,1-2H3,(H,8,9);;;/q;;+2;;/p-2. The molecular formula is C12H20O6Pb. The molecule has 0 aliphatic heterocycles. The van der Waals surface area contributed by atoms with Gasteiger partial charge in [-0.15, -0.1) is 0 Å². The molecular weight excluding hydrogens is 447 g/mol. The summed E-state index contributed by atoms with van der Waals surface area (Å²) in [6.07, 6.45) is 0.634. The normalized spacial score (nSPS) is 12.0. The second-order valence-corrected chi connectivity index (χ2v) is 3.78. The zero-order valence-corrected chi connectivity index (χ0v) is 17.2. The number of carboxylic acids is 2. The fourth-order valence-electron chi connectivity index (χ4n) is 1.24. The number of rotatable bonds is 6. The molecule has 0 bridgehead atoms. The van der Waals surface area contributed by atoms with Gasteiger partial charge in [0.25, 0.3) is 0 Å². The molecule has 0 spiro atoms. The minimum absolute atomic E-state index is 0. The number of ketones is 2. The quantitative estimate of drug-likeness (QED) is 0.323. The van der Waals surface area contributed by atoms with E-state index in [1.807, 2.05) is 0 Å². The van der Waals surface area contributed by atoms with E-state index in [1.54, 1.807) is 13.8 Å². The van der Waals surface area contributed by atoms with Crippen molar-refractivity contribution in [3.63, 3.8) is 0 Å². The molecule has 0 saturated heterocycles. The van der Waals surface area contributed by atoms with Crippen LogP contribution in [0.15, 0.2) is 0 Å². The molecule has 0 rings (SSSR count). The molecule has 0 aliphatic rings. The fraction of sp³-hybridized carbons (Fsp3) is 0.667. The number of aliphatic carboxylic acids is 2. The summed E-state index contributed by atoms with van der Waals surface area (Å²) in [4.78, 5) is 40.9. The maximum atomic E-state index is 10.4. The summed E-state index contributed by atoms with van der Waals surface area (Å²) in [7, 11) is 0. The molecule has 6 nitrogen and oxygen atoms in total. The van der Waals surface area contributed by atoms with Gasteiger partial charge in [0.15, 0.2) is 0 Å². The van der Waals surface area contributed by atoms with Gasteiger partial charge in [-0.3, -0.25) is 9.59 Å². The van der Waals surface area contributed by atoms with E-state index in [1.165, 1.54) is 13.8 Å². The number of carbonyl (C=O) groups excluding carboxylic acids is 4. The van der Waals surface area contributed by atoms with Gasteiger partial charge in [0.2, 0.25) is 0 Å². The second kappa shape index (κ2) is 12.2. The van der Waals surface area contributed by atoms with Crippen molar-refractivity contribution in [1.29, 1.82) is 0 Å². The molecule has 0 N–H and O–H groups in total. The number of carboxylic acid groups (broad SMARTS) is 2. The molecule has 108 valence electrons. The van der Waals surface area contributed by atoms with E-state index >= 15 is 0 Å². The molecule has 2 atom stereocenters. The van der Waals surface area contributed by atoms with Crippen LogP contribution in [0.25, 0.3) is 0 Å². The van der Waals surface area contributed by atoms with Crippen LogP contribution in [0.1, 0.15) is 40.5 Å². The van der Waals surface area contributed by atoms with Crippen LogP contribution < -0.4 is 10.2 Å². The Kier molecular flexibility index (Phi) is 15.0. The van der Waals surface area contributed by atoms with Crippen molar-refractivity contribution in [2.75, 3.05) is 0 Å². The molecule has 7 heteroatoms. The van der Waals surface area contributed by atoms with E-state index in [-0.39, 0.29) is 38.9 Å². The molecule has 0 heterocycles. The predicted octanol–water partition coefficient (Wildman–Crippen LogP) is -2.21. The molecule has 0 aliphatic carbocycles. The van der Waals surface area contributed by atoms with Crippen LogP contribution in [0.4, 0.5) is 0 Å². The second-order valence-electron chi connectivity index (χ2n) is 3.78. The van der Waals surface area contributed by atoms with Crippen LogP contribution in [0.2, 0.25) is 0 Å². The van der Waals surface area contributed by atoms with Crippen molar-refractivity contribution in [3.05, 3.63) is 0 Å². The molecule has 2 unspecified atom stereocenters. The van der Waals surface area contributed by atoms with E-state index in [4.69, 9.17) is 0 Å². The average molecular weight is 467 g/mol. The van der Waals surface area contributed by atoms with E-state index < -0.39 is 23.8 Å². The third-order valence-electron chi connectivity index (χ3n) is 2.37. The van der Waals surface area contributed by atoms with Gasteiger partial charge in [-0.05, 0) is 26.7 Å². The van der Waals surface area contributed by atoms with Crippen molar-refractivity contribution in [3.8, 4) is 0 Å². The van der Waals surface area contributed by atoms with Gasteiger partial charge in [-0.2, -0.15) is 0 Å². The van der Waals surface area contributed by atoms with Gasteiger partial charge >= 0.3 is 27.3 Å². The van der Waals surface area contributed by atoms with Gasteiger partial charge in [0.05, 0.1) is 23.8 Å². The Hall–Kier alpha value is -0.798. The fourth-order valence-corrected chi connectivity index (χ4v) is 1.24. The summed E-state index contributed by atoms with van der Waals surface area (Å²) in [5.74, 6) is -5.04. The van der Waals surface area contributed by atoms with Gasteiger partial charge < -0.3 is 19.8 Å². The molecule has 0 saturated carbocycles. The Morgan fingerprint density at radius 2 is 1.00 bits per heavy atom. The number of hydrogen-bond donors (Lipinski definition) is 0. The van der Waals surface area contributed by atoms with Crippen molar-refractivity contribution in [2.24, 2.45) is 11.8 Å². The Balaban J connectivity index is -0.000000256. The van der Waals surface area contributed by atoms with E-state index in [0.29, 0.717) is 12.8 Å². The minimum atomic E-state index is -1.27. The van der Waals surface area contributed by atoms with Gasteiger partial charge in [-0.25, -0.2) is 0 Å². The van der Waals surface area contributed by atoms with E-state index in [0.717, 1.165) is 0 Å². The average Bonchev–Trinajstić information content (AvgIpc) is 2.17. The van der Waals surface area contributed by atoms with Crippen LogP contribution in [-0.2, 0) is 19.2 Å². The summed E-state index contributed by atoms with van der Waals surface area (Å²) in [6, 6.07) is 0. The molecule has 0 fully saturated rings. The third-order valence-corrected chi connectivity index (χ3v) is 2.37. The first-order chi connectivity index (χ1) is 8.18. The number of hydrogen-bond acceptors (Lipinski definition) is 6. The molecule has 0 radical (unpaired) electrons. The third kappa shape index (κ3) is 10.8. The Morgan fingerprint density at radius 1 is 0.789 bits per heavy atom. The molecule has 0 amide bonds. The summed E-state index contributed by atoms with van der Waals surface area (Å²) >= 11 is 0. The summed E-state index contributed by atoms with van der Waals surface area (Å²) in [5.41, 5.74) is 0. The van der Waals surface area contributed by atoms with Gasteiger partial charge in [0, 0.05) is 0 Å². The Morgan fingerprint density at radius 3 is 1.00 bits per heavy atom. The van der Waals surface area contributed by atoms with Crippen molar-refractivity contribution >= 4 is 50.8 Å². The first-order valence-corrected chi connectivity index (χ1v) is 5.61. The van der Waals surface area contributed by atoms with Crippen molar-refractivity contribution < 1.29 is 29.4 Å². The molecule has 19 heavy (non-hydrogen) atoms. The van der Waals surface area contributed by atoms with Gasteiger partial charge in [0.1, 0.15) is 11.6 Å². The SMILES string of the molecule is CCC(C(C)=O)C(=O)[O-].CCC(C(C)=O)C(=O)[O-].[PbH2+2]. The summed E-state index contributed by atoms with van der Waals surface area (Å²) in [6.45, 7) is 5.79. The van der Waals surface area contributed by atoms with Crippen LogP contribution >= 0.6 is 0 Å². The van der Waals surface area contributed by atoms with Crippen LogP contribution in [0, 0.1) is 11.8 Å². The van der Waals surface area contributed by atoms with Gasteiger partial charge in [-0.1, -0.05) is 13.8 Å². The molecule has 0 aromatic heterocycles. The van der Waals surface area contributed by atoms with Crippen LogP contribution in [-0.4, -0.2) is 50.8 Å². The van der Waals surface area contributed by atoms with E-state index in [9.17, 15) is 29.4 Å². The predicted molar refractivity (Wildman–Crippen MR) is 67.5 cm³/mol. The zero-order chi connectivity index (χ0) is 14.9. The van der Waals surface area contributed by atoms with Crippen LogP contribution in [0.5, 0.6) is 0 Å². The molecule has 0 aromatic rings. The zero-order valence-electron chi connectivity index (χ0n) is 11.7. The van der Waals surface area contributed by atoms with Crippen molar-refractivity contribution in [2.45, 2.75) is 40.5 Å². The first kappa shape index (κ1) is 23.3. The Bertz CT molecular complexity index is 266. The topological polar surface area (TPSA) is 114 Å². The number of carbonyl (C=O) groups is 4. The summed E-state index contributed by atoms with van der Waals surface area (Å²) in [5, 5.41) is 20.1. The van der Waals surface area contributed by atoms with E-state index in [2.05, 4.69) is 0 Å². The maximum absolute atomic E-state index is 10.4. The van der Waals surface area contributed by atoms with Crippen molar-refractivity contribution in [1.82, 2.24) is 0 Å². The summed E-state index contributed by atoms with van der Waals surface area (Å²) < 4.78 is 0. The molecule has 0 aromatic carbocycles.